The third kappa shape index (κ3) is 6.49. The van der Waals surface area contributed by atoms with E-state index in [2.05, 4.69) is 27.4 Å². The van der Waals surface area contributed by atoms with Crippen molar-refractivity contribution in [2.24, 2.45) is 0 Å². The summed E-state index contributed by atoms with van der Waals surface area (Å²) in [6.07, 6.45) is 1.66. The Bertz CT molecular complexity index is 1170. The number of aliphatic hydroxyl groups is 1. The number of carbonyl (C=O) groups excluding carboxylic acids is 2. The van der Waals surface area contributed by atoms with Crippen molar-refractivity contribution >= 4 is 29.3 Å². The fourth-order valence-corrected chi connectivity index (χ4v) is 4.21. The SMILES string of the molecule is C=CCn1c(SCC(=O)Nc2c(C)cccc2C)nnc1[C@@H](CO)NC(=O)c1ccc(OC)cc1. The van der Waals surface area contributed by atoms with Crippen LogP contribution in [0.5, 0.6) is 5.75 Å². The van der Waals surface area contributed by atoms with Crippen LogP contribution >= 0.6 is 11.8 Å². The van der Waals surface area contributed by atoms with Crippen LogP contribution in [0.4, 0.5) is 5.69 Å². The van der Waals surface area contributed by atoms with Crippen molar-refractivity contribution < 1.29 is 19.4 Å². The highest BCUT2D eigenvalue weighted by atomic mass is 32.2. The number of para-hydroxylation sites is 1. The summed E-state index contributed by atoms with van der Waals surface area (Å²) in [6.45, 7) is 7.62. The average molecular weight is 496 g/mol. The van der Waals surface area contributed by atoms with E-state index in [1.54, 1.807) is 42.0 Å². The molecule has 0 unspecified atom stereocenters. The Labute approximate surface area is 208 Å². The van der Waals surface area contributed by atoms with Crippen molar-refractivity contribution in [3.63, 3.8) is 0 Å². The second-order valence-electron chi connectivity index (χ2n) is 7.78. The van der Waals surface area contributed by atoms with Crippen LogP contribution in [0.15, 0.2) is 60.3 Å². The maximum absolute atomic E-state index is 12.7. The molecule has 0 saturated carbocycles. The first-order valence-electron chi connectivity index (χ1n) is 11.0. The molecule has 9 nitrogen and oxygen atoms in total. The van der Waals surface area contributed by atoms with Gasteiger partial charge in [0.05, 0.1) is 19.5 Å². The molecule has 0 aliphatic rings. The summed E-state index contributed by atoms with van der Waals surface area (Å²) < 4.78 is 6.84. The van der Waals surface area contributed by atoms with Gasteiger partial charge in [-0.1, -0.05) is 36.0 Å². The number of benzene rings is 2. The van der Waals surface area contributed by atoms with Crippen molar-refractivity contribution in [1.82, 2.24) is 20.1 Å². The van der Waals surface area contributed by atoms with Crippen LogP contribution in [0, 0.1) is 13.8 Å². The van der Waals surface area contributed by atoms with Crippen molar-refractivity contribution in [3.8, 4) is 5.75 Å². The fourth-order valence-electron chi connectivity index (χ4n) is 3.46. The zero-order valence-electron chi connectivity index (χ0n) is 19.9. The molecule has 3 N–H and O–H groups in total. The number of anilines is 1. The Kier molecular flexibility index (Phi) is 9.04. The summed E-state index contributed by atoms with van der Waals surface area (Å²) in [5.41, 5.74) is 3.18. The number of ether oxygens (including phenoxy) is 1. The first-order valence-corrected chi connectivity index (χ1v) is 11.9. The number of nitrogens with one attached hydrogen (secondary N) is 2. The predicted molar refractivity (Wildman–Crippen MR) is 136 cm³/mol. The molecule has 3 rings (SSSR count). The number of hydrogen-bond acceptors (Lipinski definition) is 7. The Balaban J connectivity index is 1.71. The Morgan fingerprint density at radius 2 is 1.86 bits per heavy atom. The van der Waals surface area contributed by atoms with Gasteiger partial charge in [0, 0.05) is 17.8 Å². The van der Waals surface area contributed by atoms with E-state index in [9.17, 15) is 14.7 Å². The van der Waals surface area contributed by atoms with Gasteiger partial charge in [-0.05, 0) is 49.2 Å². The first kappa shape index (κ1) is 26.0. The minimum absolute atomic E-state index is 0.116. The molecular formula is C25H29N5O4S. The smallest absolute Gasteiger partial charge is 0.251 e. The zero-order valence-corrected chi connectivity index (χ0v) is 20.8. The number of thioether (sulfide) groups is 1. The zero-order chi connectivity index (χ0) is 25.4. The third-order valence-electron chi connectivity index (χ3n) is 5.29. The molecule has 0 spiro atoms. The van der Waals surface area contributed by atoms with Gasteiger partial charge >= 0.3 is 0 Å². The molecule has 10 heteroatoms. The van der Waals surface area contributed by atoms with Crippen molar-refractivity contribution in [1.29, 1.82) is 0 Å². The standard InChI is InChI=1S/C25H29N5O4S/c1-5-13-30-23(20(14-31)26-24(33)18-9-11-19(34-4)12-10-18)28-29-25(30)35-15-21(32)27-22-16(2)7-6-8-17(22)3/h5-12,20,31H,1,13-15H2,2-4H3,(H,26,33)(H,27,32)/t20-/m1/s1. The summed E-state index contributed by atoms with van der Waals surface area (Å²) >= 11 is 1.22. The molecule has 0 aliphatic heterocycles. The number of nitrogens with zero attached hydrogens (tertiary/aromatic N) is 3. The van der Waals surface area contributed by atoms with Gasteiger partial charge in [-0.25, -0.2) is 0 Å². The van der Waals surface area contributed by atoms with E-state index in [1.807, 2.05) is 32.0 Å². The lowest BCUT2D eigenvalue weighted by Crippen LogP contribution is -2.33. The Morgan fingerprint density at radius 3 is 2.46 bits per heavy atom. The number of allylic oxidation sites excluding steroid dienone is 1. The lowest BCUT2D eigenvalue weighted by molar-refractivity contribution is -0.113. The summed E-state index contributed by atoms with van der Waals surface area (Å²) in [4.78, 5) is 25.3. The Hall–Kier alpha value is -3.63. The van der Waals surface area contributed by atoms with Crippen LogP contribution in [-0.2, 0) is 11.3 Å². The van der Waals surface area contributed by atoms with Gasteiger partial charge in [-0.15, -0.1) is 16.8 Å². The number of amides is 2. The summed E-state index contributed by atoms with van der Waals surface area (Å²) in [5, 5.41) is 24.6. The van der Waals surface area contributed by atoms with Gasteiger partial charge in [0.1, 0.15) is 11.8 Å². The fraction of sp³-hybridized carbons (Fsp3) is 0.280. The molecule has 1 heterocycles. The highest BCUT2D eigenvalue weighted by Gasteiger charge is 2.23. The first-order chi connectivity index (χ1) is 16.9. The van der Waals surface area contributed by atoms with Crippen LogP contribution in [0.25, 0.3) is 0 Å². The van der Waals surface area contributed by atoms with E-state index >= 15 is 0 Å². The molecule has 1 aromatic heterocycles. The molecule has 0 bridgehead atoms. The monoisotopic (exact) mass is 495 g/mol. The minimum atomic E-state index is -0.796. The molecule has 0 radical (unpaired) electrons. The minimum Gasteiger partial charge on any atom is -0.497 e. The normalized spacial score (nSPS) is 11.5. The van der Waals surface area contributed by atoms with E-state index in [1.165, 1.54) is 11.8 Å². The summed E-state index contributed by atoms with van der Waals surface area (Å²) in [6, 6.07) is 11.7. The van der Waals surface area contributed by atoms with Crippen molar-refractivity contribution in [3.05, 3.63) is 77.6 Å². The maximum atomic E-state index is 12.7. The summed E-state index contributed by atoms with van der Waals surface area (Å²) in [7, 11) is 1.55. The largest absolute Gasteiger partial charge is 0.497 e. The lowest BCUT2D eigenvalue weighted by atomic mass is 10.1. The van der Waals surface area contributed by atoms with Crippen LogP contribution in [0.2, 0.25) is 0 Å². The summed E-state index contributed by atoms with van der Waals surface area (Å²) in [5.74, 6) is 0.572. The van der Waals surface area contributed by atoms with Crippen LogP contribution in [0.3, 0.4) is 0 Å². The van der Waals surface area contributed by atoms with Gasteiger partial charge in [-0.3, -0.25) is 9.59 Å². The topological polar surface area (TPSA) is 118 Å². The van der Waals surface area contributed by atoms with Gasteiger partial charge in [-0.2, -0.15) is 0 Å². The Morgan fingerprint density at radius 1 is 1.17 bits per heavy atom. The van der Waals surface area contributed by atoms with E-state index < -0.39 is 6.04 Å². The van der Waals surface area contributed by atoms with Crippen molar-refractivity contribution in [2.45, 2.75) is 31.6 Å². The number of hydrogen-bond donors (Lipinski definition) is 3. The van der Waals surface area contributed by atoms with Crippen LogP contribution in [-0.4, -0.2) is 51.2 Å². The van der Waals surface area contributed by atoms with E-state index in [0.717, 1.165) is 16.8 Å². The van der Waals surface area contributed by atoms with Gasteiger partial charge in [0.15, 0.2) is 11.0 Å². The number of rotatable bonds is 11. The molecule has 2 aromatic carbocycles. The highest BCUT2D eigenvalue weighted by Crippen LogP contribution is 2.23. The third-order valence-corrected chi connectivity index (χ3v) is 6.25. The number of carbonyl (C=O) groups is 2. The van der Waals surface area contributed by atoms with E-state index in [0.29, 0.717) is 28.8 Å². The predicted octanol–water partition coefficient (Wildman–Crippen LogP) is 3.28. The number of aromatic nitrogens is 3. The molecule has 0 aliphatic carbocycles. The number of aryl methyl sites for hydroxylation is 2. The quantitative estimate of drug-likeness (QED) is 0.276. The molecular weight excluding hydrogens is 466 g/mol. The van der Waals surface area contributed by atoms with E-state index in [4.69, 9.17) is 4.74 Å². The molecule has 35 heavy (non-hydrogen) atoms. The average Bonchev–Trinajstić information content (AvgIpc) is 3.26. The molecule has 3 aromatic rings. The highest BCUT2D eigenvalue weighted by molar-refractivity contribution is 7.99. The molecule has 0 saturated heterocycles. The maximum Gasteiger partial charge on any atom is 0.251 e. The molecule has 0 fully saturated rings. The molecule has 1 atom stereocenters. The van der Waals surface area contributed by atoms with Crippen molar-refractivity contribution in [2.75, 3.05) is 24.8 Å². The van der Waals surface area contributed by atoms with Gasteiger partial charge < -0.3 is 25.0 Å². The van der Waals surface area contributed by atoms with Gasteiger partial charge in [0.25, 0.3) is 5.91 Å². The molecule has 2 amide bonds. The van der Waals surface area contributed by atoms with Crippen LogP contribution in [0.1, 0.15) is 33.4 Å². The lowest BCUT2D eigenvalue weighted by Gasteiger charge is -2.17. The van der Waals surface area contributed by atoms with E-state index in [-0.39, 0.29) is 24.2 Å². The number of methoxy groups -OCH3 is 1. The molecule has 184 valence electrons. The van der Waals surface area contributed by atoms with Gasteiger partial charge in [0.2, 0.25) is 5.91 Å². The second-order valence-corrected chi connectivity index (χ2v) is 8.72. The van der Waals surface area contributed by atoms with Crippen LogP contribution < -0.4 is 15.4 Å². The number of aliphatic hydroxyl groups excluding tert-OH is 1. The second kappa shape index (κ2) is 12.2.